The lowest BCUT2D eigenvalue weighted by molar-refractivity contribution is -0.138. The number of carbonyl (C=O) groups excluding carboxylic acids is 2. The Bertz CT molecular complexity index is 1390. The highest BCUT2D eigenvalue weighted by Gasteiger charge is 2.65. The van der Waals surface area contributed by atoms with Gasteiger partial charge in [-0.15, -0.1) is 0 Å². The second-order valence-corrected chi connectivity index (χ2v) is 13.9. The minimum atomic E-state index is -4.04. The van der Waals surface area contributed by atoms with Gasteiger partial charge in [0.2, 0.25) is 10.0 Å². The molecule has 0 saturated heterocycles. The van der Waals surface area contributed by atoms with Gasteiger partial charge in [-0.3, -0.25) is 9.59 Å². The van der Waals surface area contributed by atoms with E-state index in [1.54, 1.807) is 18.2 Å². The zero-order valence-electron chi connectivity index (χ0n) is 23.5. The number of carboxylic acid groups (broad SMARTS) is 1. The fraction of sp³-hybridized carbons (Fsp3) is 0.500. The lowest BCUT2D eigenvalue weighted by atomic mass is 9.70. The molecule has 2 aromatic rings. The van der Waals surface area contributed by atoms with E-state index in [1.165, 1.54) is 0 Å². The molecule has 3 atom stereocenters. The second-order valence-electron chi connectivity index (χ2n) is 12.1. The van der Waals surface area contributed by atoms with Gasteiger partial charge in [-0.25, -0.2) is 17.9 Å². The number of rotatable bonds is 11. The maximum Gasteiger partial charge on any atom is 0.322 e. The molecule has 2 aliphatic rings. The van der Waals surface area contributed by atoms with Crippen LogP contribution < -0.4 is 15.4 Å². The van der Waals surface area contributed by atoms with E-state index in [0.717, 1.165) is 17.5 Å². The number of urea groups is 1. The molecule has 40 heavy (non-hydrogen) atoms. The highest BCUT2D eigenvalue weighted by atomic mass is 32.2. The van der Waals surface area contributed by atoms with E-state index in [4.69, 9.17) is 0 Å². The van der Waals surface area contributed by atoms with Crippen LogP contribution in [-0.4, -0.2) is 49.6 Å². The maximum atomic E-state index is 13.2. The van der Waals surface area contributed by atoms with E-state index in [0.29, 0.717) is 36.6 Å². The van der Waals surface area contributed by atoms with E-state index in [2.05, 4.69) is 15.4 Å². The monoisotopic (exact) mass is 569 g/mol. The highest BCUT2D eigenvalue weighted by molar-refractivity contribution is 7.89. The first-order chi connectivity index (χ1) is 18.7. The predicted molar refractivity (Wildman–Crippen MR) is 154 cm³/mol. The molecular weight excluding hydrogens is 530 g/mol. The van der Waals surface area contributed by atoms with E-state index in [1.807, 2.05) is 58.0 Å². The third-order valence-corrected chi connectivity index (χ3v) is 10.2. The van der Waals surface area contributed by atoms with Crippen molar-refractivity contribution in [2.24, 2.45) is 22.7 Å². The van der Waals surface area contributed by atoms with Crippen LogP contribution in [0, 0.1) is 22.7 Å². The van der Waals surface area contributed by atoms with Crippen LogP contribution in [0.3, 0.4) is 0 Å². The fourth-order valence-corrected chi connectivity index (χ4v) is 8.22. The summed E-state index contributed by atoms with van der Waals surface area (Å²) in [4.78, 5) is 36.9. The van der Waals surface area contributed by atoms with Gasteiger partial charge in [-0.05, 0) is 65.3 Å². The number of anilines is 1. The maximum absolute atomic E-state index is 13.2. The summed E-state index contributed by atoms with van der Waals surface area (Å²) in [5, 5.41) is 15.4. The van der Waals surface area contributed by atoms with Crippen molar-refractivity contribution in [3.63, 3.8) is 0 Å². The van der Waals surface area contributed by atoms with Crippen molar-refractivity contribution in [2.75, 3.05) is 17.6 Å². The number of benzene rings is 2. The van der Waals surface area contributed by atoms with Crippen LogP contribution in [-0.2, 0) is 26.0 Å². The van der Waals surface area contributed by atoms with E-state index >= 15 is 0 Å². The van der Waals surface area contributed by atoms with Crippen molar-refractivity contribution in [1.29, 1.82) is 0 Å². The SMILES string of the molecule is CC(C)CNC(=O)Nc1cccc(-c2ccc(C[C@H](NS(=O)(=O)C[C@]34CCC(CC3=O)C4(C)C)C(=O)O)cc2)c1. The number of carboxylic acids is 1. The fourth-order valence-electron chi connectivity index (χ4n) is 6.19. The molecule has 2 aliphatic carbocycles. The van der Waals surface area contributed by atoms with Gasteiger partial charge in [0.1, 0.15) is 11.8 Å². The Morgan fingerprint density at radius 2 is 1.77 bits per heavy atom. The molecule has 216 valence electrons. The van der Waals surface area contributed by atoms with E-state index in [-0.39, 0.29) is 29.9 Å². The number of fused-ring (bicyclic) bond motifs is 2. The third kappa shape index (κ3) is 6.23. The van der Waals surface area contributed by atoms with Crippen molar-refractivity contribution < 1.29 is 27.9 Å². The Labute approximate surface area is 236 Å². The van der Waals surface area contributed by atoms with Gasteiger partial charge < -0.3 is 15.7 Å². The number of hydrogen-bond acceptors (Lipinski definition) is 5. The highest BCUT2D eigenvalue weighted by Crippen LogP contribution is 2.64. The van der Waals surface area contributed by atoms with Crippen LogP contribution in [0.25, 0.3) is 11.1 Å². The Balaban J connectivity index is 1.42. The molecule has 2 saturated carbocycles. The Morgan fingerprint density at radius 3 is 2.35 bits per heavy atom. The molecule has 0 aliphatic heterocycles. The number of ketones is 1. The number of nitrogens with one attached hydrogen (secondary N) is 3. The number of carbonyl (C=O) groups is 3. The molecule has 9 nitrogen and oxygen atoms in total. The summed E-state index contributed by atoms with van der Waals surface area (Å²) in [6.45, 7) is 8.50. The first-order valence-electron chi connectivity index (χ1n) is 13.7. The predicted octanol–water partition coefficient (Wildman–Crippen LogP) is 4.44. The summed E-state index contributed by atoms with van der Waals surface area (Å²) in [6.07, 6.45) is 1.68. The molecule has 0 heterocycles. The number of aliphatic carboxylic acids is 1. The number of Topliss-reactive ketones (excluding diaryl/α,β-unsaturated/α-hetero) is 1. The molecule has 1 unspecified atom stereocenters. The van der Waals surface area contributed by atoms with Gasteiger partial charge in [0.15, 0.2) is 0 Å². The standard InChI is InChI=1S/C30H39N3O6S/c1-19(2)17-31-28(37)32-24-7-5-6-22(15-24)21-10-8-20(9-11-21)14-25(27(35)36)33-40(38,39)18-30-13-12-23(16-26(30)34)29(30,3)4/h5-11,15,19,23,25,33H,12-14,16-18H2,1-4H3,(H,35,36)(H2,31,32,37)/t23?,25-,30+/m0/s1. The first kappa shape index (κ1) is 29.7. The average molecular weight is 570 g/mol. The van der Waals surface area contributed by atoms with Crippen LogP contribution in [0.2, 0.25) is 0 Å². The van der Waals surface area contributed by atoms with Crippen molar-refractivity contribution in [2.45, 2.75) is 59.4 Å². The van der Waals surface area contributed by atoms with Crippen molar-refractivity contribution >= 4 is 33.5 Å². The van der Waals surface area contributed by atoms with Crippen LogP contribution in [0.5, 0.6) is 0 Å². The molecule has 2 amide bonds. The van der Waals surface area contributed by atoms with Crippen LogP contribution >= 0.6 is 0 Å². The van der Waals surface area contributed by atoms with Crippen molar-refractivity contribution in [3.8, 4) is 11.1 Å². The Kier molecular flexibility index (Phi) is 8.42. The van der Waals surface area contributed by atoms with E-state index in [9.17, 15) is 27.9 Å². The summed E-state index contributed by atoms with van der Waals surface area (Å²) in [5.41, 5.74) is 1.61. The quantitative estimate of drug-likeness (QED) is 0.315. The normalized spacial score (nSPS) is 22.3. The van der Waals surface area contributed by atoms with Gasteiger partial charge in [-0.1, -0.05) is 64.1 Å². The largest absolute Gasteiger partial charge is 0.480 e. The zero-order valence-corrected chi connectivity index (χ0v) is 24.3. The number of hydrogen-bond donors (Lipinski definition) is 4. The minimum absolute atomic E-state index is 0.0305. The van der Waals surface area contributed by atoms with Gasteiger partial charge in [0, 0.05) is 24.1 Å². The van der Waals surface area contributed by atoms with Crippen molar-refractivity contribution in [3.05, 3.63) is 54.1 Å². The molecule has 0 aromatic heterocycles. The number of amides is 2. The zero-order chi connectivity index (χ0) is 29.3. The molecule has 4 N–H and O–H groups in total. The van der Waals surface area contributed by atoms with Crippen LogP contribution in [0.15, 0.2) is 48.5 Å². The molecular formula is C30H39N3O6S. The van der Waals surface area contributed by atoms with Gasteiger partial charge in [0.25, 0.3) is 0 Å². The van der Waals surface area contributed by atoms with Crippen molar-refractivity contribution in [1.82, 2.24) is 10.0 Å². The lowest BCUT2D eigenvalue weighted by Gasteiger charge is -2.36. The van der Waals surface area contributed by atoms with Crippen LogP contribution in [0.4, 0.5) is 10.5 Å². The second kappa shape index (κ2) is 11.3. The average Bonchev–Trinajstić information content (AvgIpc) is 3.21. The molecule has 2 bridgehead atoms. The molecule has 2 fully saturated rings. The van der Waals surface area contributed by atoms with Crippen LogP contribution in [0.1, 0.15) is 52.5 Å². The molecule has 10 heteroatoms. The van der Waals surface area contributed by atoms with Gasteiger partial charge in [0.05, 0.1) is 5.75 Å². The molecule has 4 rings (SSSR count). The van der Waals surface area contributed by atoms with Gasteiger partial charge in [-0.2, -0.15) is 0 Å². The summed E-state index contributed by atoms with van der Waals surface area (Å²) >= 11 is 0. The lowest BCUT2D eigenvalue weighted by Crippen LogP contribution is -2.49. The van der Waals surface area contributed by atoms with E-state index < -0.39 is 32.9 Å². The molecule has 2 aromatic carbocycles. The summed E-state index contributed by atoms with van der Waals surface area (Å²) in [7, 11) is -4.04. The smallest absolute Gasteiger partial charge is 0.322 e. The Morgan fingerprint density at radius 1 is 1.07 bits per heavy atom. The summed E-state index contributed by atoms with van der Waals surface area (Å²) < 4.78 is 28.7. The summed E-state index contributed by atoms with van der Waals surface area (Å²) in [5.74, 6) is -1.18. The topological polar surface area (TPSA) is 142 Å². The molecule has 0 radical (unpaired) electrons. The van der Waals surface area contributed by atoms with Gasteiger partial charge >= 0.3 is 12.0 Å². The Hall–Kier alpha value is -3.24. The third-order valence-electron chi connectivity index (χ3n) is 8.71. The number of sulfonamides is 1. The first-order valence-corrected chi connectivity index (χ1v) is 15.4. The summed E-state index contributed by atoms with van der Waals surface area (Å²) in [6, 6.07) is 12.9. The minimum Gasteiger partial charge on any atom is -0.480 e. The molecule has 0 spiro atoms.